The van der Waals surface area contributed by atoms with E-state index in [9.17, 15) is 4.79 Å². The molecule has 0 amide bonds. The lowest BCUT2D eigenvalue weighted by atomic mass is 10.3. The summed E-state index contributed by atoms with van der Waals surface area (Å²) in [6.45, 7) is 9.81. The normalized spacial score (nSPS) is 12.2. The van der Waals surface area contributed by atoms with Crippen molar-refractivity contribution in [3.63, 3.8) is 0 Å². The molecule has 4 aromatic heterocycles. The number of benzene rings is 1. The summed E-state index contributed by atoms with van der Waals surface area (Å²) in [5.41, 5.74) is 1.81. The number of hydrogen-bond donors (Lipinski definition) is 1. The molecule has 1 aromatic carbocycles. The van der Waals surface area contributed by atoms with E-state index >= 15 is 0 Å². The van der Waals surface area contributed by atoms with Gasteiger partial charge in [-0.25, -0.2) is 9.83 Å². The molecule has 10 heteroatoms. The van der Waals surface area contributed by atoms with Crippen LogP contribution in [-0.2, 0) is 4.79 Å². The van der Waals surface area contributed by atoms with E-state index in [-0.39, 0.29) is 6.42 Å². The average molecular weight is 523 g/mol. The van der Waals surface area contributed by atoms with E-state index in [2.05, 4.69) is 33.9 Å². The topological polar surface area (TPSA) is 74.2 Å². The van der Waals surface area contributed by atoms with Gasteiger partial charge in [0.2, 0.25) is 11.6 Å². The molecule has 4 heterocycles. The summed E-state index contributed by atoms with van der Waals surface area (Å²) >= 11 is 5.21. The van der Waals surface area contributed by atoms with Crippen LogP contribution >= 0.6 is 34.0 Å². The minimum atomic E-state index is -0.768. The van der Waals surface area contributed by atoms with Gasteiger partial charge >= 0.3 is 5.97 Å². The Hall–Kier alpha value is -3.23. The summed E-state index contributed by atoms with van der Waals surface area (Å²) in [6.07, 6.45) is 2.01. The maximum Gasteiger partial charge on any atom is 0.304 e. The molecule has 178 valence electrons. The SMILES string of the molecule is [C-]#[N+]/C(=C\c1cc2sc3cc(N(C)CCN(C)CCC(=O)O)sc3c2s1)c1nc2ccccc2o1. The highest BCUT2D eigenvalue weighted by molar-refractivity contribution is 7.39. The Morgan fingerprint density at radius 1 is 1.11 bits per heavy atom. The predicted molar refractivity (Wildman–Crippen MR) is 147 cm³/mol. The van der Waals surface area contributed by atoms with E-state index in [1.54, 1.807) is 34.0 Å². The number of likely N-dealkylation sites (N-methyl/N-ethyl adjacent to an activating group) is 2. The Bertz CT molecular complexity index is 1570. The predicted octanol–water partition coefficient (Wildman–Crippen LogP) is 6.58. The number of carbonyl (C=O) groups is 1. The number of anilines is 1. The third-order valence-electron chi connectivity index (χ3n) is 5.64. The quantitative estimate of drug-likeness (QED) is 0.221. The zero-order valence-electron chi connectivity index (χ0n) is 19.1. The van der Waals surface area contributed by atoms with Gasteiger partial charge in [0.25, 0.3) is 0 Å². The second-order valence-corrected chi connectivity index (χ2v) is 11.4. The number of fused-ring (bicyclic) bond motifs is 4. The van der Waals surface area contributed by atoms with Crippen molar-refractivity contribution in [2.75, 3.05) is 38.6 Å². The minimum Gasteiger partial charge on any atom is -0.481 e. The maximum absolute atomic E-state index is 10.8. The van der Waals surface area contributed by atoms with Crippen LogP contribution in [0.25, 0.3) is 46.5 Å². The third kappa shape index (κ3) is 4.94. The highest BCUT2D eigenvalue weighted by atomic mass is 32.1. The van der Waals surface area contributed by atoms with Gasteiger partial charge in [-0.05, 0) is 37.4 Å². The molecule has 7 nitrogen and oxygen atoms in total. The van der Waals surface area contributed by atoms with Crippen LogP contribution in [0, 0.1) is 6.57 Å². The summed E-state index contributed by atoms with van der Waals surface area (Å²) in [5, 5.41) is 10.0. The van der Waals surface area contributed by atoms with Crippen LogP contribution in [-0.4, -0.2) is 54.7 Å². The van der Waals surface area contributed by atoms with Crippen LogP contribution < -0.4 is 4.90 Å². The monoisotopic (exact) mass is 522 g/mol. The second kappa shape index (κ2) is 9.79. The number of carboxylic acids is 1. The van der Waals surface area contributed by atoms with Crippen molar-refractivity contribution in [2.45, 2.75) is 6.42 Å². The van der Waals surface area contributed by atoms with Crippen molar-refractivity contribution in [2.24, 2.45) is 0 Å². The summed E-state index contributed by atoms with van der Waals surface area (Å²) in [4.78, 5) is 24.2. The molecule has 0 saturated carbocycles. The molecule has 35 heavy (non-hydrogen) atoms. The van der Waals surface area contributed by atoms with Crippen molar-refractivity contribution >= 4 is 86.7 Å². The maximum atomic E-state index is 10.8. The standard InChI is InChI=1S/C25H22N4O3S3/c1-26-17(25-27-16-6-4-5-7-18(16)32-25)12-15-13-19-23(33-15)24-20(34-19)14-21(35-24)29(3)11-10-28(2)9-8-22(30)31/h4-7,12-14H,8-11H2,2-3H3,(H,30,31)/b17-12-. The summed E-state index contributed by atoms with van der Waals surface area (Å²) in [7, 11) is 4.02. The third-order valence-corrected chi connectivity index (χ3v) is 9.48. The summed E-state index contributed by atoms with van der Waals surface area (Å²) in [5.74, 6) is -0.424. The van der Waals surface area contributed by atoms with Crippen molar-refractivity contribution in [1.82, 2.24) is 9.88 Å². The Kier molecular flexibility index (Phi) is 6.58. The fraction of sp³-hybridized carbons (Fsp3) is 0.240. The molecule has 0 unspecified atom stereocenters. The molecule has 0 fully saturated rings. The highest BCUT2D eigenvalue weighted by Gasteiger charge is 2.16. The lowest BCUT2D eigenvalue weighted by Gasteiger charge is -2.21. The van der Waals surface area contributed by atoms with Crippen LogP contribution in [0.5, 0.6) is 0 Å². The molecule has 5 rings (SSSR count). The fourth-order valence-electron chi connectivity index (χ4n) is 3.69. The van der Waals surface area contributed by atoms with Gasteiger partial charge < -0.3 is 19.3 Å². The van der Waals surface area contributed by atoms with Crippen LogP contribution in [0.3, 0.4) is 0 Å². The van der Waals surface area contributed by atoms with Crippen LogP contribution in [0.15, 0.2) is 40.8 Å². The van der Waals surface area contributed by atoms with Crippen LogP contribution in [0.1, 0.15) is 17.2 Å². The summed E-state index contributed by atoms with van der Waals surface area (Å²) in [6, 6.07) is 11.9. The largest absolute Gasteiger partial charge is 0.481 e. The Morgan fingerprint density at radius 2 is 1.89 bits per heavy atom. The molecular weight excluding hydrogens is 501 g/mol. The molecular formula is C25H22N4O3S3. The number of aliphatic carboxylic acids is 1. The van der Waals surface area contributed by atoms with Gasteiger partial charge in [-0.1, -0.05) is 12.1 Å². The number of nitrogens with zero attached hydrogens (tertiary/aromatic N) is 4. The van der Waals surface area contributed by atoms with Crippen molar-refractivity contribution in [3.05, 3.63) is 58.6 Å². The first-order chi connectivity index (χ1) is 16.9. The van der Waals surface area contributed by atoms with E-state index in [0.29, 0.717) is 23.7 Å². The molecule has 0 bridgehead atoms. The lowest BCUT2D eigenvalue weighted by Crippen LogP contribution is -2.31. The zero-order valence-corrected chi connectivity index (χ0v) is 21.6. The fourth-order valence-corrected chi connectivity index (χ4v) is 7.64. The Balaban J connectivity index is 1.35. The van der Waals surface area contributed by atoms with Crippen molar-refractivity contribution in [3.8, 4) is 0 Å². The molecule has 1 N–H and O–H groups in total. The number of aromatic nitrogens is 1. The molecule has 5 aromatic rings. The van der Waals surface area contributed by atoms with Crippen LogP contribution in [0.2, 0.25) is 0 Å². The van der Waals surface area contributed by atoms with Gasteiger partial charge in [0, 0.05) is 41.0 Å². The number of hydrogen-bond acceptors (Lipinski definition) is 8. The summed E-state index contributed by atoms with van der Waals surface area (Å²) < 4.78 is 10.8. The number of thiophene rings is 3. The van der Waals surface area contributed by atoms with E-state index in [4.69, 9.17) is 16.1 Å². The van der Waals surface area contributed by atoms with Gasteiger partial charge in [-0.15, -0.1) is 34.0 Å². The first-order valence-corrected chi connectivity index (χ1v) is 13.4. The molecule has 0 aliphatic carbocycles. The number of carboxylic acid groups (broad SMARTS) is 1. The van der Waals surface area contributed by atoms with E-state index in [1.165, 1.54) is 23.8 Å². The minimum absolute atomic E-state index is 0.156. The van der Waals surface area contributed by atoms with Gasteiger partial charge in [-0.2, -0.15) is 0 Å². The number of para-hydroxylation sites is 2. The number of oxazole rings is 1. The molecule has 0 aliphatic rings. The lowest BCUT2D eigenvalue weighted by molar-refractivity contribution is -0.137. The second-order valence-electron chi connectivity index (χ2n) is 8.22. The average Bonchev–Trinajstić information content (AvgIpc) is 3.59. The van der Waals surface area contributed by atoms with E-state index < -0.39 is 5.97 Å². The van der Waals surface area contributed by atoms with Gasteiger partial charge in [0.1, 0.15) is 5.52 Å². The van der Waals surface area contributed by atoms with Crippen molar-refractivity contribution < 1.29 is 14.3 Å². The first-order valence-electron chi connectivity index (χ1n) is 10.9. The van der Waals surface area contributed by atoms with Gasteiger partial charge in [0.15, 0.2) is 5.58 Å². The smallest absolute Gasteiger partial charge is 0.304 e. The molecule has 0 spiro atoms. The van der Waals surface area contributed by atoms with Gasteiger partial charge in [0.05, 0.1) is 27.4 Å². The van der Waals surface area contributed by atoms with Crippen molar-refractivity contribution in [1.29, 1.82) is 0 Å². The molecule has 0 saturated heterocycles. The first kappa shape index (κ1) is 23.5. The zero-order chi connectivity index (χ0) is 24.5. The Labute approximate surface area is 214 Å². The molecule has 0 radical (unpaired) electrons. The molecule has 0 aliphatic heterocycles. The molecule has 0 atom stereocenters. The highest BCUT2D eigenvalue weighted by Crippen LogP contribution is 2.46. The van der Waals surface area contributed by atoms with Crippen LogP contribution in [0.4, 0.5) is 5.00 Å². The Morgan fingerprint density at radius 3 is 2.66 bits per heavy atom. The van der Waals surface area contributed by atoms with E-state index in [0.717, 1.165) is 23.5 Å². The van der Waals surface area contributed by atoms with Gasteiger partial charge in [-0.3, -0.25) is 4.79 Å². The van der Waals surface area contributed by atoms with E-state index in [1.807, 2.05) is 42.3 Å². The number of rotatable bonds is 9.